The second-order valence-corrected chi connectivity index (χ2v) is 7.19. The summed E-state index contributed by atoms with van der Waals surface area (Å²) in [5.74, 6) is -1.49. The Kier molecular flexibility index (Phi) is 4.83. The van der Waals surface area contributed by atoms with Gasteiger partial charge in [0.25, 0.3) is 5.56 Å². The number of aliphatic carboxylic acids is 1. The van der Waals surface area contributed by atoms with Crippen molar-refractivity contribution in [2.45, 2.75) is 17.2 Å². The predicted molar refractivity (Wildman–Crippen MR) is 98.4 cm³/mol. The number of aromatic nitrogens is 4. The Morgan fingerprint density at radius 1 is 1.22 bits per heavy atom. The Bertz CT molecular complexity index is 1190. The smallest absolute Gasteiger partial charge is 0.332 e. The number of fused-ring (bicyclic) bond motifs is 1. The van der Waals surface area contributed by atoms with E-state index in [1.807, 2.05) is 0 Å². The lowest BCUT2D eigenvalue weighted by Gasteiger charge is -2.13. The summed E-state index contributed by atoms with van der Waals surface area (Å²) in [5.41, 5.74) is -0.815. The number of nitrogens with zero attached hydrogens (tertiary/aromatic N) is 4. The largest absolute Gasteiger partial charge is 0.480 e. The number of carboxylic acid groups (broad SMARTS) is 1. The van der Waals surface area contributed by atoms with E-state index in [0.29, 0.717) is 5.56 Å². The lowest BCUT2D eigenvalue weighted by molar-refractivity contribution is -0.136. The molecule has 10 heteroatoms. The molecule has 0 aliphatic rings. The van der Waals surface area contributed by atoms with Crippen LogP contribution in [-0.4, -0.2) is 35.4 Å². The summed E-state index contributed by atoms with van der Waals surface area (Å²) in [4.78, 5) is 44.7. The second kappa shape index (κ2) is 6.95. The van der Waals surface area contributed by atoms with E-state index in [0.717, 1.165) is 16.3 Å². The number of halogens is 1. The van der Waals surface area contributed by atoms with Gasteiger partial charge in [-0.2, -0.15) is 0 Å². The van der Waals surface area contributed by atoms with Crippen molar-refractivity contribution in [2.75, 3.05) is 0 Å². The van der Waals surface area contributed by atoms with E-state index in [1.54, 1.807) is 6.07 Å². The standard InChI is InChI=1S/C17H15FN4O4S/c1-8(16(24)25)27-14-11-13(21(2)17(26)22(3)15(11)23)19-12(20-14)9-5-4-6-10(18)7-9/h4-8H,1-3H3,(H,24,25)/t8-/m0/s1. The van der Waals surface area contributed by atoms with E-state index in [9.17, 15) is 23.9 Å². The van der Waals surface area contributed by atoms with Crippen molar-refractivity contribution in [2.24, 2.45) is 14.1 Å². The van der Waals surface area contributed by atoms with E-state index < -0.39 is 28.3 Å². The zero-order valence-corrected chi connectivity index (χ0v) is 15.5. The summed E-state index contributed by atoms with van der Waals surface area (Å²) in [7, 11) is 2.77. The van der Waals surface area contributed by atoms with Gasteiger partial charge in [-0.25, -0.2) is 19.2 Å². The van der Waals surface area contributed by atoms with Crippen molar-refractivity contribution in [3.05, 3.63) is 50.9 Å². The number of thioether (sulfide) groups is 1. The third kappa shape index (κ3) is 3.35. The van der Waals surface area contributed by atoms with Gasteiger partial charge in [0.05, 0.1) is 0 Å². The van der Waals surface area contributed by atoms with Gasteiger partial charge in [-0.1, -0.05) is 23.9 Å². The molecule has 0 bridgehead atoms. The molecule has 0 saturated carbocycles. The number of rotatable bonds is 4. The molecule has 0 amide bonds. The van der Waals surface area contributed by atoms with Gasteiger partial charge in [0.1, 0.15) is 21.5 Å². The van der Waals surface area contributed by atoms with Crippen LogP contribution in [0.25, 0.3) is 22.4 Å². The molecular formula is C17H15FN4O4S. The SMILES string of the molecule is C[C@H](Sc1nc(-c2cccc(F)c2)nc2c1c(=O)n(C)c(=O)n2C)C(=O)O. The molecule has 140 valence electrons. The van der Waals surface area contributed by atoms with Gasteiger partial charge in [-0.3, -0.25) is 18.7 Å². The first-order chi connectivity index (χ1) is 12.7. The maximum atomic E-state index is 13.6. The van der Waals surface area contributed by atoms with E-state index >= 15 is 0 Å². The van der Waals surface area contributed by atoms with Crippen LogP contribution in [0.15, 0.2) is 38.9 Å². The number of hydrogen-bond acceptors (Lipinski definition) is 6. The normalized spacial score (nSPS) is 12.3. The Balaban J connectivity index is 2.40. The van der Waals surface area contributed by atoms with Gasteiger partial charge in [0.15, 0.2) is 11.5 Å². The van der Waals surface area contributed by atoms with E-state index in [-0.39, 0.29) is 21.9 Å². The summed E-state index contributed by atoms with van der Waals surface area (Å²) in [6.45, 7) is 1.45. The highest BCUT2D eigenvalue weighted by atomic mass is 32.2. The third-order valence-electron chi connectivity index (χ3n) is 3.99. The minimum absolute atomic E-state index is 0.0397. The minimum atomic E-state index is -1.08. The molecule has 2 heterocycles. The molecule has 27 heavy (non-hydrogen) atoms. The summed E-state index contributed by atoms with van der Waals surface area (Å²) in [5, 5.41) is 8.47. The zero-order valence-electron chi connectivity index (χ0n) is 14.6. The molecule has 8 nitrogen and oxygen atoms in total. The molecule has 1 N–H and O–H groups in total. The molecule has 3 aromatic rings. The van der Waals surface area contributed by atoms with Gasteiger partial charge < -0.3 is 5.11 Å². The van der Waals surface area contributed by atoms with Crippen LogP contribution in [0, 0.1) is 5.82 Å². The molecule has 2 aromatic heterocycles. The van der Waals surface area contributed by atoms with Crippen molar-refractivity contribution in [3.8, 4) is 11.4 Å². The molecule has 3 rings (SSSR count). The fourth-order valence-corrected chi connectivity index (χ4v) is 3.36. The number of benzene rings is 1. The van der Waals surface area contributed by atoms with Crippen LogP contribution in [0.5, 0.6) is 0 Å². The predicted octanol–water partition coefficient (Wildman–Crippen LogP) is 1.40. The first-order valence-corrected chi connectivity index (χ1v) is 8.72. The number of carbonyl (C=O) groups is 1. The van der Waals surface area contributed by atoms with Crippen molar-refractivity contribution in [3.63, 3.8) is 0 Å². The van der Waals surface area contributed by atoms with Crippen LogP contribution >= 0.6 is 11.8 Å². The zero-order chi connectivity index (χ0) is 19.9. The second-order valence-electron chi connectivity index (χ2n) is 5.87. The molecule has 0 aliphatic heterocycles. The van der Waals surface area contributed by atoms with Gasteiger partial charge in [0, 0.05) is 19.7 Å². The maximum Gasteiger partial charge on any atom is 0.332 e. The summed E-state index contributed by atoms with van der Waals surface area (Å²) < 4.78 is 15.7. The molecule has 0 fully saturated rings. The molecule has 0 radical (unpaired) electrons. The Morgan fingerprint density at radius 3 is 2.56 bits per heavy atom. The first kappa shape index (κ1) is 18.8. The maximum absolute atomic E-state index is 13.6. The highest BCUT2D eigenvalue weighted by molar-refractivity contribution is 8.00. The fourth-order valence-electron chi connectivity index (χ4n) is 2.49. The van der Waals surface area contributed by atoms with Gasteiger partial charge in [-0.05, 0) is 19.1 Å². The molecule has 1 aromatic carbocycles. The Labute approximate surface area is 156 Å². The van der Waals surface area contributed by atoms with Crippen LogP contribution in [0.3, 0.4) is 0 Å². The molecule has 0 spiro atoms. The average molecular weight is 390 g/mol. The molecule has 0 saturated heterocycles. The summed E-state index contributed by atoms with van der Waals surface area (Å²) in [6, 6.07) is 5.54. The lowest BCUT2D eigenvalue weighted by atomic mass is 10.2. The van der Waals surface area contributed by atoms with Gasteiger partial charge in [-0.15, -0.1) is 0 Å². The monoisotopic (exact) mass is 390 g/mol. The molecule has 0 unspecified atom stereocenters. The first-order valence-electron chi connectivity index (χ1n) is 7.84. The molecule has 1 atom stereocenters. The highest BCUT2D eigenvalue weighted by Gasteiger charge is 2.22. The van der Waals surface area contributed by atoms with Crippen LogP contribution in [0.2, 0.25) is 0 Å². The minimum Gasteiger partial charge on any atom is -0.480 e. The van der Waals surface area contributed by atoms with E-state index in [2.05, 4.69) is 9.97 Å². The van der Waals surface area contributed by atoms with Gasteiger partial charge in [0.2, 0.25) is 0 Å². The van der Waals surface area contributed by atoms with Crippen LogP contribution in [0.1, 0.15) is 6.92 Å². The van der Waals surface area contributed by atoms with Crippen LogP contribution < -0.4 is 11.2 Å². The summed E-state index contributed by atoms with van der Waals surface area (Å²) in [6.07, 6.45) is 0. The van der Waals surface area contributed by atoms with Crippen molar-refractivity contribution in [1.29, 1.82) is 0 Å². The molecule has 0 aliphatic carbocycles. The highest BCUT2D eigenvalue weighted by Crippen LogP contribution is 2.29. The van der Waals surface area contributed by atoms with E-state index in [1.165, 1.54) is 43.8 Å². The van der Waals surface area contributed by atoms with Crippen molar-refractivity contribution >= 4 is 28.8 Å². The Morgan fingerprint density at radius 2 is 1.93 bits per heavy atom. The van der Waals surface area contributed by atoms with E-state index in [4.69, 9.17) is 0 Å². The van der Waals surface area contributed by atoms with Crippen LogP contribution in [-0.2, 0) is 18.9 Å². The third-order valence-corrected chi connectivity index (χ3v) is 5.06. The number of aryl methyl sites for hydroxylation is 1. The lowest BCUT2D eigenvalue weighted by Crippen LogP contribution is -2.37. The molecular weight excluding hydrogens is 375 g/mol. The summed E-state index contributed by atoms with van der Waals surface area (Å²) >= 11 is 0.859. The number of hydrogen-bond donors (Lipinski definition) is 1. The number of carboxylic acids is 1. The van der Waals surface area contributed by atoms with Crippen molar-refractivity contribution in [1.82, 2.24) is 19.1 Å². The average Bonchev–Trinajstić information content (AvgIpc) is 2.63. The van der Waals surface area contributed by atoms with Crippen LogP contribution in [0.4, 0.5) is 4.39 Å². The quantitative estimate of drug-likeness (QED) is 0.530. The fraction of sp³-hybridized carbons (Fsp3) is 0.235. The van der Waals surface area contributed by atoms with Crippen molar-refractivity contribution < 1.29 is 14.3 Å². The Hall–Kier alpha value is -3.01. The van der Waals surface area contributed by atoms with Gasteiger partial charge >= 0.3 is 11.7 Å². The topological polar surface area (TPSA) is 107 Å².